The molecule has 30 heavy (non-hydrogen) atoms. The van der Waals surface area contributed by atoms with Crippen LogP contribution in [0.1, 0.15) is 12.5 Å². The Labute approximate surface area is 177 Å². The van der Waals surface area contributed by atoms with Crippen molar-refractivity contribution in [3.63, 3.8) is 0 Å². The summed E-state index contributed by atoms with van der Waals surface area (Å²) in [7, 11) is 1.83. The molecule has 0 saturated carbocycles. The predicted octanol–water partition coefficient (Wildman–Crippen LogP) is 3.83. The zero-order valence-corrected chi connectivity index (χ0v) is 17.6. The van der Waals surface area contributed by atoms with Gasteiger partial charge in [0.15, 0.2) is 11.0 Å². The number of ether oxygens (including phenoxy) is 1. The van der Waals surface area contributed by atoms with Crippen LogP contribution < -0.4 is 10.1 Å². The highest BCUT2D eigenvalue weighted by molar-refractivity contribution is 7.99. The zero-order chi connectivity index (χ0) is 21.7. The van der Waals surface area contributed by atoms with Gasteiger partial charge in [-0.3, -0.25) is 14.9 Å². The van der Waals surface area contributed by atoms with Crippen LogP contribution in [0.4, 0.5) is 11.4 Å². The van der Waals surface area contributed by atoms with Gasteiger partial charge < -0.3 is 14.6 Å². The number of benzene rings is 2. The fourth-order valence-corrected chi connectivity index (χ4v) is 3.51. The number of aromatic nitrogens is 3. The van der Waals surface area contributed by atoms with Crippen LogP contribution in [0, 0.1) is 17.0 Å². The van der Waals surface area contributed by atoms with E-state index in [0.717, 1.165) is 11.3 Å². The van der Waals surface area contributed by atoms with Gasteiger partial charge in [-0.25, -0.2) is 0 Å². The molecule has 0 aliphatic carbocycles. The van der Waals surface area contributed by atoms with Gasteiger partial charge in [0.05, 0.1) is 17.3 Å². The smallest absolute Gasteiger partial charge is 0.274 e. The SMILES string of the molecule is CCOc1cccc(-c2nnc(SCC(=O)Nc3ccc(C)c([N+](=O)[O-])c3)n2C)c1. The van der Waals surface area contributed by atoms with E-state index < -0.39 is 4.92 Å². The standard InChI is InChI=1S/C20H21N5O4S/c1-4-29-16-7-5-6-14(10-16)19-22-23-20(24(19)3)30-12-18(26)21-15-9-8-13(2)17(11-15)25(27)28/h5-11H,4,12H2,1-3H3,(H,21,26). The van der Waals surface area contributed by atoms with E-state index in [1.165, 1.54) is 17.8 Å². The zero-order valence-electron chi connectivity index (χ0n) is 16.8. The van der Waals surface area contributed by atoms with E-state index in [4.69, 9.17) is 4.74 Å². The third kappa shape index (κ3) is 4.95. The average Bonchev–Trinajstić information content (AvgIpc) is 3.08. The second-order valence-corrected chi connectivity index (χ2v) is 7.36. The number of nitro groups is 1. The highest BCUT2D eigenvalue weighted by Gasteiger charge is 2.15. The molecule has 0 aliphatic rings. The molecule has 2 aromatic carbocycles. The van der Waals surface area contributed by atoms with E-state index in [9.17, 15) is 14.9 Å². The molecule has 10 heteroatoms. The van der Waals surface area contributed by atoms with Gasteiger partial charge in [-0.1, -0.05) is 30.0 Å². The number of hydrogen-bond donors (Lipinski definition) is 1. The Morgan fingerprint density at radius 3 is 2.80 bits per heavy atom. The van der Waals surface area contributed by atoms with E-state index in [2.05, 4.69) is 15.5 Å². The second-order valence-electron chi connectivity index (χ2n) is 6.42. The summed E-state index contributed by atoms with van der Waals surface area (Å²) >= 11 is 1.23. The molecule has 1 aromatic heterocycles. The third-order valence-electron chi connectivity index (χ3n) is 4.26. The molecule has 0 spiro atoms. The van der Waals surface area contributed by atoms with Gasteiger partial charge in [-0.2, -0.15) is 0 Å². The lowest BCUT2D eigenvalue weighted by Gasteiger charge is -2.07. The minimum absolute atomic E-state index is 0.0346. The van der Waals surface area contributed by atoms with Crippen LogP contribution in [0.25, 0.3) is 11.4 Å². The monoisotopic (exact) mass is 427 g/mol. The molecule has 0 radical (unpaired) electrons. The average molecular weight is 427 g/mol. The molecular formula is C20H21N5O4S. The maximum Gasteiger partial charge on any atom is 0.274 e. The number of nitro benzene ring substituents is 1. The molecule has 156 valence electrons. The number of rotatable bonds is 8. The first-order valence-electron chi connectivity index (χ1n) is 9.19. The predicted molar refractivity (Wildman–Crippen MR) is 115 cm³/mol. The molecule has 3 aromatic rings. The van der Waals surface area contributed by atoms with Gasteiger partial charge in [0, 0.05) is 29.9 Å². The summed E-state index contributed by atoms with van der Waals surface area (Å²) in [5, 5.41) is 22.7. The van der Waals surface area contributed by atoms with Crippen molar-refractivity contribution in [3.05, 3.63) is 58.1 Å². The van der Waals surface area contributed by atoms with Crippen LogP contribution in [-0.2, 0) is 11.8 Å². The molecule has 9 nitrogen and oxygen atoms in total. The van der Waals surface area contributed by atoms with E-state index in [0.29, 0.717) is 28.8 Å². The summed E-state index contributed by atoms with van der Waals surface area (Å²) in [5.41, 5.74) is 1.74. The van der Waals surface area contributed by atoms with E-state index in [-0.39, 0.29) is 17.3 Å². The lowest BCUT2D eigenvalue weighted by atomic mass is 10.2. The first-order valence-corrected chi connectivity index (χ1v) is 10.2. The first kappa shape index (κ1) is 21.3. The molecule has 0 aliphatic heterocycles. The van der Waals surface area contributed by atoms with Crippen LogP contribution in [-0.4, -0.2) is 38.0 Å². The summed E-state index contributed by atoms with van der Waals surface area (Å²) in [4.78, 5) is 22.9. The summed E-state index contributed by atoms with van der Waals surface area (Å²) in [6, 6.07) is 12.2. The van der Waals surface area contributed by atoms with Crippen molar-refractivity contribution < 1.29 is 14.5 Å². The minimum Gasteiger partial charge on any atom is -0.494 e. The number of thioether (sulfide) groups is 1. The van der Waals surface area contributed by atoms with Crippen LogP contribution >= 0.6 is 11.8 Å². The van der Waals surface area contributed by atoms with Crippen molar-refractivity contribution in [3.8, 4) is 17.1 Å². The maximum atomic E-state index is 12.3. The Balaban J connectivity index is 1.65. The molecule has 0 atom stereocenters. The number of nitrogens with zero attached hydrogens (tertiary/aromatic N) is 4. The Morgan fingerprint density at radius 1 is 1.27 bits per heavy atom. The van der Waals surface area contributed by atoms with E-state index in [1.54, 1.807) is 23.6 Å². The molecular weight excluding hydrogens is 406 g/mol. The first-order chi connectivity index (χ1) is 14.4. The molecule has 1 amide bonds. The molecule has 0 fully saturated rings. The van der Waals surface area contributed by atoms with Gasteiger partial charge in [0.25, 0.3) is 5.69 Å². The molecule has 1 N–H and O–H groups in total. The number of aryl methyl sites for hydroxylation is 1. The van der Waals surface area contributed by atoms with Crippen LogP contribution in [0.2, 0.25) is 0 Å². The van der Waals surface area contributed by atoms with Crippen LogP contribution in [0.5, 0.6) is 5.75 Å². The molecule has 0 unspecified atom stereocenters. The molecule has 1 heterocycles. The highest BCUT2D eigenvalue weighted by atomic mass is 32.2. The van der Waals surface area contributed by atoms with Gasteiger partial charge >= 0.3 is 0 Å². The lowest BCUT2D eigenvalue weighted by Crippen LogP contribution is -2.14. The Morgan fingerprint density at radius 2 is 2.07 bits per heavy atom. The molecule has 3 rings (SSSR count). The fourth-order valence-electron chi connectivity index (χ4n) is 2.79. The van der Waals surface area contributed by atoms with Crippen molar-refractivity contribution in [1.82, 2.24) is 14.8 Å². The summed E-state index contributed by atoms with van der Waals surface area (Å²) in [5.74, 6) is 1.21. The van der Waals surface area contributed by atoms with Crippen LogP contribution in [0.15, 0.2) is 47.6 Å². The number of anilines is 1. The Bertz CT molecular complexity index is 1080. The highest BCUT2D eigenvalue weighted by Crippen LogP contribution is 2.26. The van der Waals surface area contributed by atoms with E-state index in [1.807, 2.05) is 38.2 Å². The van der Waals surface area contributed by atoms with Gasteiger partial charge in [-0.15, -0.1) is 10.2 Å². The summed E-state index contributed by atoms with van der Waals surface area (Å²) < 4.78 is 7.33. The summed E-state index contributed by atoms with van der Waals surface area (Å²) in [6.45, 7) is 4.14. The third-order valence-corrected chi connectivity index (χ3v) is 5.28. The van der Waals surface area contributed by atoms with Gasteiger partial charge in [-0.05, 0) is 32.0 Å². The van der Waals surface area contributed by atoms with Crippen molar-refractivity contribution >= 4 is 29.0 Å². The van der Waals surface area contributed by atoms with Crippen molar-refractivity contribution in [1.29, 1.82) is 0 Å². The van der Waals surface area contributed by atoms with Crippen molar-refractivity contribution in [2.24, 2.45) is 7.05 Å². The van der Waals surface area contributed by atoms with Gasteiger partial charge in [0.1, 0.15) is 5.75 Å². The number of amides is 1. The Hall–Kier alpha value is -3.40. The van der Waals surface area contributed by atoms with Crippen molar-refractivity contribution in [2.45, 2.75) is 19.0 Å². The molecule has 0 bridgehead atoms. The number of nitrogens with one attached hydrogen (secondary N) is 1. The minimum atomic E-state index is -0.471. The lowest BCUT2D eigenvalue weighted by molar-refractivity contribution is -0.385. The quantitative estimate of drug-likeness (QED) is 0.330. The molecule has 0 saturated heterocycles. The van der Waals surface area contributed by atoms with E-state index >= 15 is 0 Å². The van der Waals surface area contributed by atoms with Gasteiger partial charge in [0.2, 0.25) is 5.91 Å². The number of hydrogen-bond acceptors (Lipinski definition) is 7. The Kier molecular flexibility index (Phi) is 6.68. The largest absolute Gasteiger partial charge is 0.494 e. The summed E-state index contributed by atoms with van der Waals surface area (Å²) in [6.07, 6.45) is 0. The van der Waals surface area contributed by atoms with Crippen molar-refractivity contribution in [2.75, 3.05) is 17.7 Å². The second kappa shape index (κ2) is 9.40. The number of carbonyl (C=O) groups is 1. The fraction of sp³-hybridized carbons (Fsp3) is 0.250. The van der Waals surface area contributed by atoms with Crippen LogP contribution in [0.3, 0.4) is 0 Å². The topological polar surface area (TPSA) is 112 Å². The number of carbonyl (C=O) groups excluding carboxylic acids is 1. The maximum absolute atomic E-state index is 12.3. The normalized spacial score (nSPS) is 10.6.